The van der Waals surface area contributed by atoms with Gasteiger partial charge in [-0.05, 0) is 13.0 Å². The monoisotopic (exact) mass is 259 g/mol. The molecular formula is C13H17N5O. The SMILES string of the molecule is Cc1cnc(CN2CCOC[C@@H]2c2ccn[nH]2)cn1. The molecule has 19 heavy (non-hydrogen) atoms. The van der Waals surface area contributed by atoms with E-state index in [0.717, 1.165) is 36.8 Å². The van der Waals surface area contributed by atoms with E-state index < -0.39 is 0 Å². The highest BCUT2D eigenvalue weighted by atomic mass is 16.5. The van der Waals surface area contributed by atoms with Crippen molar-refractivity contribution in [2.75, 3.05) is 19.8 Å². The third-order valence-corrected chi connectivity index (χ3v) is 3.32. The summed E-state index contributed by atoms with van der Waals surface area (Å²) >= 11 is 0. The van der Waals surface area contributed by atoms with Crippen molar-refractivity contribution >= 4 is 0 Å². The fourth-order valence-corrected chi connectivity index (χ4v) is 2.28. The first-order valence-electron chi connectivity index (χ1n) is 6.41. The fourth-order valence-electron chi connectivity index (χ4n) is 2.28. The van der Waals surface area contributed by atoms with E-state index in [-0.39, 0.29) is 6.04 Å². The molecule has 1 aliphatic rings. The molecule has 1 N–H and O–H groups in total. The van der Waals surface area contributed by atoms with Gasteiger partial charge in [-0.1, -0.05) is 0 Å². The Morgan fingerprint density at radius 3 is 3.11 bits per heavy atom. The number of nitrogens with one attached hydrogen (secondary N) is 1. The van der Waals surface area contributed by atoms with E-state index in [1.165, 1.54) is 0 Å². The number of H-pyrrole nitrogens is 1. The van der Waals surface area contributed by atoms with E-state index in [1.54, 1.807) is 12.4 Å². The lowest BCUT2D eigenvalue weighted by atomic mass is 10.1. The average Bonchev–Trinajstić information content (AvgIpc) is 2.96. The van der Waals surface area contributed by atoms with Crippen molar-refractivity contribution in [3.05, 3.63) is 41.7 Å². The van der Waals surface area contributed by atoms with E-state index in [0.29, 0.717) is 6.61 Å². The predicted molar refractivity (Wildman–Crippen MR) is 69.3 cm³/mol. The lowest BCUT2D eigenvalue weighted by molar-refractivity contribution is -0.0148. The van der Waals surface area contributed by atoms with Crippen LogP contribution in [0.4, 0.5) is 0 Å². The summed E-state index contributed by atoms with van der Waals surface area (Å²) in [4.78, 5) is 11.1. The van der Waals surface area contributed by atoms with Gasteiger partial charge in [-0.15, -0.1) is 0 Å². The summed E-state index contributed by atoms with van der Waals surface area (Å²) in [6.45, 7) is 5.05. The Morgan fingerprint density at radius 2 is 2.37 bits per heavy atom. The summed E-state index contributed by atoms with van der Waals surface area (Å²) in [5, 5.41) is 7.04. The summed E-state index contributed by atoms with van der Waals surface area (Å²) in [5.41, 5.74) is 3.01. The molecule has 0 spiro atoms. The quantitative estimate of drug-likeness (QED) is 0.893. The lowest BCUT2D eigenvalue weighted by Crippen LogP contribution is -2.39. The molecule has 1 fully saturated rings. The maximum absolute atomic E-state index is 5.57. The van der Waals surface area contributed by atoms with Crippen LogP contribution in [0.5, 0.6) is 0 Å². The third-order valence-electron chi connectivity index (χ3n) is 3.32. The summed E-state index contributed by atoms with van der Waals surface area (Å²) in [6, 6.07) is 2.20. The molecule has 2 aromatic heterocycles. The van der Waals surface area contributed by atoms with E-state index in [2.05, 4.69) is 25.1 Å². The minimum atomic E-state index is 0.208. The minimum Gasteiger partial charge on any atom is -0.378 e. The topological polar surface area (TPSA) is 66.9 Å². The molecular weight excluding hydrogens is 242 g/mol. The Labute approximate surface area is 111 Å². The average molecular weight is 259 g/mol. The molecule has 6 nitrogen and oxygen atoms in total. The van der Waals surface area contributed by atoms with Crippen LogP contribution >= 0.6 is 0 Å². The van der Waals surface area contributed by atoms with Gasteiger partial charge in [-0.3, -0.25) is 20.0 Å². The molecule has 0 bridgehead atoms. The predicted octanol–water partition coefficient (Wildman–Crippen LogP) is 1.08. The van der Waals surface area contributed by atoms with Gasteiger partial charge in [0.1, 0.15) is 0 Å². The van der Waals surface area contributed by atoms with Crippen LogP contribution in [-0.2, 0) is 11.3 Å². The van der Waals surface area contributed by atoms with Gasteiger partial charge in [0.25, 0.3) is 0 Å². The maximum Gasteiger partial charge on any atom is 0.0756 e. The van der Waals surface area contributed by atoms with Gasteiger partial charge in [0.15, 0.2) is 0 Å². The van der Waals surface area contributed by atoms with Crippen LogP contribution < -0.4 is 0 Å². The highest BCUT2D eigenvalue weighted by molar-refractivity contribution is 5.08. The first kappa shape index (κ1) is 12.3. The third kappa shape index (κ3) is 2.80. The second-order valence-electron chi connectivity index (χ2n) is 4.72. The van der Waals surface area contributed by atoms with Crippen LogP contribution in [-0.4, -0.2) is 44.8 Å². The van der Waals surface area contributed by atoms with Crippen LogP contribution in [0.1, 0.15) is 23.1 Å². The van der Waals surface area contributed by atoms with E-state index >= 15 is 0 Å². The van der Waals surface area contributed by atoms with Crippen LogP contribution in [0.25, 0.3) is 0 Å². The van der Waals surface area contributed by atoms with Gasteiger partial charge in [0, 0.05) is 31.7 Å². The molecule has 0 aliphatic carbocycles. The number of aromatic amines is 1. The molecule has 1 atom stereocenters. The number of aryl methyl sites for hydroxylation is 1. The van der Waals surface area contributed by atoms with Crippen LogP contribution in [0.15, 0.2) is 24.7 Å². The minimum absolute atomic E-state index is 0.208. The highest BCUT2D eigenvalue weighted by Gasteiger charge is 2.25. The summed E-state index contributed by atoms with van der Waals surface area (Å²) in [5.74, 6) is 0. The first-order valence-corrected chi connectivity index (χ1v) is 6.41. The highest BCUT2D eigenvalue weighted by Crippen LogP contribution is 2.23. The largest absolute Gasteiger partial charge is 0.378 e. The van der Waals surface area contributed by atoms with Gasteiger partial charge in [0.05, 0.1) is 36.3 Å². The Morgan fingerprint density at radius 1 is 1.42 bits per heavy atom. The van der Waals surface area contributed by atoms with Crippen LogP contribution in [0.3, 0.4) is 0 Å². The van der Waals surface area contributed by atoms with Gasteiger partial charge >= 0.3 is 0 Å². The molecule has 1 saturated heterocycles. The van der Waals surface area contributed by atoms with E-state index in [1.807, 2.05) is 19.2 Å². The number of rotatable bonds is 3. The van der Waals surface area contributed by atoms with Crippen molar-refractivity contribution in [1.82, 2.24) is 25.1 Å². The molecule has 0 radical (unpaired) electrons. The number of hydrogen-bond donors (Lipinski definition) is 1. The number of morpholine rings is 1. The molecule has 0 amide bonds. The van der Waals surface area contributed by atoms with Crippen molar-refractivity contribution in [2.24, 2.45) is 0 Å². The number of ether oxygens (including phenoxy) is 1. The van der Waals surface area contributed by atoms with Crippen molar-refractivity contribution < 1.29 is 4.74 Å². The molecule has 100 valence electrons. The van der Waals surface area contributed by atoms with Gasteiger partial charge in [-0.25, -0.2) is 0 Å². The zero-order valence-electron chi connectivity index (χ0n) is 10.9. The second-order valence-corrected chi connectivity index (χ2v) is 4.72. The van der Waals surface area contributed by atoms with Gasteiger partial charge < -0.3 is 4.74 Å². The lowest BCUT2D eigenvalue weighted by Gasteiger charge is -2.34. The molecule has 0 saturated carbocycles. The summed E-state index contributed by atoms with van der Waals surface area (Å²) in [6.07, 6.45) is 5.42. The molecule has 0 unspecified atom stereocenters. The Bertz CT molecular complexity index is 510. The van der Waals surface area contributed by atoms with E-state index in [4.69, 9.17) is 4.74 Å². The molecule has 1 aliphatic heterocycles. The molecule has 6 heteroatoms. The molecule has 3 heterocycles. The first-order chi connectivity index (χ1) is 9.33. The van der Waals surface area contributed by atoms with Gasteiger partial charge in [0.2, 0.25) is 0 Å². The maximum atomic E-state index is 5.57. The molecule has 2 aromatic rings. The van der Waals surface area contributed by atoms with E-state index in [9.17, 15) is 0 Å². The zero-order chi connectivity index (χ0) is 13.1. The summed E-state index contributed by atoms with van der Waals surface area (Å²) in [7, 11) is 0. The Balaban J connectivity index is 1.75. The van der Waals surface area contributed by atoms with Crippen molar-refractivity contribution in [3.63, 3.8) is 0 Å². The smallest absolute Gasteiger partial charge is 0.0756 e. The summed E-state index contributed by atoms with van der Waals surface area (Å²) < 4.78 is 5.57. The zero-order valence-corrected chi connectivity index (χ0v) is 10.9. The van der Waals surface area contributed by atoms with Gasteiger partial charge in [-0.2, -0.15) is 5.10 Å². The Hall–Kier alpha value is -1.79. The van der Waals surface area contributed by atoms with Crippen LogP contribution in [0.2, 0.25) is 0 Å². The van der Waals surface area contributed by atoms with Crippen molar-refractivity contribution in [2.45, 2.75) is 19.5 Å². The number of aromatic nitrogens is 4. The number of hydrogen-bond acceptors (Lipinski definition) is 5. The van der Waals surface area contributed by atoms with Crippen LogP contribution in [0, 0.1) is 6.92 Å². The normalized spacial score (nSPS) is 20.6. The van der Waals surface area contributed by atoms with Crippen molar-refractivity contribution in [3.8, 4) is 0 Å². The van der Waals surface area contributed by atoms with Crippen molar-refractivity contribution in [1.29, 1.82) is 0 Å². The molecule has 3 rings (SSSR count). The standard InChI is InChI=1S/C13H17N5O/c1-10-6-15-11(7-14-10)8-18-4-5-19-9-13(18)12-2-3-16-17-12/h2-3,6-7,13H,4-5,8-9H2,1H3,(H,16,17)/t13-/m1/s1. The number of nitrogens with zero attached hydrogens (tertiary/aromatic N) is 4. The Kier molecular flexibility index (Phi) is 3.52. The molecule has 0 aromatic carbocycles. The second kappa shape index (κ2) is 5.46. The fraction of sp³-hybridized carbons (Fsp3) is 0.462.